The highest BCUT2D eigenvalue weighted by molar-refractivity contribution is 5.79. The van der Waals surface area contributed by atoms with Gasteiger partial charge in [0.25, 0.3) is 0 Å². The molecule has 0 aromatic carbocycles. The number of furan rings is 1. The molecule has 8 nitrogen and oxygen atoms in total. The molecule has 2 amide bonds. The highest BCUT2D eigenvalue weighted by Crippen LogP contribution is 2.23. The van der Waals surface area contributed by atoms with Crippen LogP contribution in [0.1, 0.15) is 36.9 Å². The Kier molecular flexibility index (Phi) is 5.47. The number of piperidine rings is 1. The van der Waals surface area contributed by atoms with E-state index >= 15 is 0 Å². The lowest BCUT2D eigenvalue weighted by atomic mass is 9.96. The lowest BCUT2D eigenvalue weighted by Crippen LogP contribution is -2.46. The summed E-state index contributed by atoms with van der Waals surface area (Å²) in [5.41, 5.74) is 1.87. The fourth-order valence-electron chi connectivity index (χ4n) is 4.10. The van der Waals surface area contributed by atoms with Gasteiger partial charge in [-0.1, -0.05) is 0 Å². The van der Waals surface area contributed by atoms with Crippen molar-refractivity contribution in [3.05, 3.63) is 41.6 Å². The van der Waals surface area contributed by atoms with E-state index in [4.69, 9.17) is 4.42 Å². The highest BCUT2D eigenvalue weighted by atomic mass is 16.3. The first-order chi connectivity index (χ1) is 13.6. The molecule has 0 aliphatic carbocycles. The summed E-state index contributed by atoms with van der Waals surface area (Å²) >= 11 is 0. The zero-order valence-electron chi connectivity index (χ0n) is 16.3. The standard InChI is InChI=1S/C20H27N5O3/c1-15(26)21-11-17-10-18-13-24(7-8-25(18)22-17)20(27)16-4-2-6-23(12-16)14-19-5-3-9-28-19/h3,5,9-10,16H,2,4,6-8,11-14H2,1H3,(H,21,26). The molecule has 2 aromatic rings. The van der Waals surface area contributed by atoms with Gasteiger partial charge in [-0.15, -0.1) is 0 Å². The molecule has 1 unspecified atom stereocenters. The van der Waals surface area contributed by atoms with E-state index in [0.717, 1.165) is 49.6 Å². The zero-order valence-corrected chi connectivity index (χ0v) is 16.3. The van der Waals surface area contributed by atoms with Crippen molar-refractivity contribution in [1.29, 1.82) is 0 Å². The lowest BCUT2D eigenvalue weighted by Gasteiger charge is -2.36. The van der Waals surface area contributed by atoms with Crippen LogP contribution in [0.2, 0.25) is 0 Å². The van der Waals surface area contributed by atoms with Crippen molar-refractivity contribution in [3.63, 3.8) is 0 Å². The summed E-state index contributed by atoms with van der Waals surface area (Å²) in [7, 11) is 0. The van der Waals surface area contributed by atoms with E-state index in [0.29, 0.717) is 26.2 Å². The average Bonchev–Trinajstić information content (AvgIpc) is 3.34. The van der Waals surface area contributed by atoms with Crippen LogP contribution in [0.25, 0.3) is 0 Å². The van der Waals surface area contributed by atoms with Crippen molar-refractivity contribution in [2.75, 3.05) is 19.6 Å². The summed E-state index contributed by atoms with van der Waals surface area (Å²) in [5, 5.41) is 7.30. The van der Waals surface area contributed by atoms with Crippen LogP contribution in [0, 0.1) is 5.92 Å². The van der Waals surface area contributed by atoms with Gasteiger partial charge in [-0.3, -0.25) is 19.2 Å². The number of nitrogens with zero attached hydrogens (tertiary/aromatic N) is 4. The smallest absolute Gasteiger partial charge is 0.227 e. The van der Waals surface area contributed by atoms with Crippen molar-refractivity contribution in [2.45, 2.75) is 45.9 Å². The first kappa shape index (κ1) is 18.7. The molecule has 2 aromatic heterocycles. The van der Waals surface area contributed by atoms with Crippen molar-refractivity contribution >= 4 is 11.8 Å². The third kappa shape index (κ3) is 4.27. The predicted molar refractivity (Wildman–Crippen MR) is 102 cm³/mol. The molecule has 150 valence electrons. The van der Waals surface area contributed by atoms with Crippen molar-refractivity contribution in [3.8, 4) is 0 Å². The maximum Gasteiger partial charge on any atom is 0.227 e. The largest absolute Gasteiger partial charge is 0.468 e. The molecule has 2 aliphatic rings. The van der Waals surface area contributed by atoms with Gasteiger partial charge < -0.3 is 14.6 Å². The minimum absolute atomic E-state index is 0.0389. The predicted octanol–water partition coefficient (Wildman–Crippen LogP) is 1.37. The number of fused-ring (bicyclic) bond motifs is 1. The van der Waals surface area contributed by atoms with Crippen LogP contribution >= 0.6 is 0 Å². The summed E-state index contributed by atoms with van der Waals surface area (Å²) < 4.78 is 7.40. The van der Waals surface area contributed by atoms with Gasteiger partial charge in [0, 0.05) is 20.0 Å². The molecule has 0 bridgehead atoms. The van der Waals surface area contributed by atoms with Crippen molar-refractivity contribution in [2.24, 2.45) is 5.92 Å². The Labute approximate surface area is 164 Å². The molecule has 0 saturated carbocycles. The molecule has 4 rings (SSSR count). The van der Waals surface area contributed by atoms with Gasteiger partial charge in [-0.2, -0.15) is 5.10 Å². The number of carbonyl (C=O) groups is 2. The van der Waals surface area contributed by atoms with Crippen LogP contribution in [0.3, 0.4) is 0 Å². The summed E-state index contributed by atoms with van der Waals surface area (Å²) in [5.74, 6) is 1.15. The van der Waals surface area contributed by atoms with Crippen LogP contribution in [-0.2, 0) is 35.8 Å². The van der Waals surface area contributed by atoms with Gasteiger partial charge in [0.1, 0.15) is 5.76 Å². The van der Waals surface area contributed by atoms with Crippen LogP contribution in [-0.4, -0.2) is 51.0 Å². The Morgan fingerprint density at radius 2 is 2.21 bits per heavy atom. The summed E-state index contributed by atoms with van der Waals surface area (Å²) in [6.07, 6.45) is 3.67. The second kappa shape index (κ2) is 8.18. The molecule has 8 heteroatoms. The molecule has 1 N–H and O–H groups in total. The number of aromatic nitrogens is 2. The molecule has 2 aliphatic heterocycles. The fourth-order valence-corrected chi connectivity index (χ4v) is 4.10. The van der Waals surface area contributed by atoms with E-state index in [1.807, 2.05) is 27.8 Å². The number of hydrogen-bond acceptors (Lipinski definition) is 5. The van der Waals surface area contributed by atoms with Crippen molar-refractivity contribution < 1.29 is 14.0 Å². The maximum absolute atomic E-state index is 13.1. The lowest BCUT2D eigenvalue weighted by molar-refractivity contribution is -0.139. The quantitative estimate of drug-likeness (QED) is 0.840. The van der Waals surface area contributed by atoms with E-state index in [1.54, 1.807) is 6.26 Å². The van der Waals surface area contributed by atoms with Crippen LogP contribution in [0.5, 0.6) is 0 Å². The summed E-state index contributed by atoms with van der Waals surface area (Å²) in [6.45, 7) is 6.43. The minimum atomic E-state index is -0.0702. The molecular formula is C20H27N5O3. The summed E-state index contributed by atoms with van der Waals surface area (Å²) in [6, 6.07) is 5.87. The molecule has 0 spiro atoms. The van der Waals surface area contributed by atoms with E-state index in [9.17, 15) is 9.59 Å². The monoisotopic (exact) mass is 385 g/mol. The van der Waals surface area contributed by atoms with Gasteiger partial charge in [0.05, 0.1) is 49.7 Å². The van der Waals surface area contributed by atoms with Crippen molar-refractivity contribution in [1.82, 2.24) is 24.9 Å². The topological polar surface area (TPSA) is 83.6 Å². The Morgan fingerprint density at radius 3 is 3.00 bits per heavy atom. The SMILES string of the molecule is CC(=O)NCc1cc2n(n1)CCN(C(=O)C1CCCN(Cc3ccco3)C1)C2. The molecule has 4 heterocycles. The molecular weight excluding hydrogens is 358 g/mol. The maximum atomic E-state index is 13.1. The zero-order chi connectivity index (χ0) is 19.5. The number of nitrogens with one attached hydrogen (secondary N) is 1. The third-order valence-corrected chi connectivity index (χ3v) is 5.49. The number of rotatable bonds is 5. The molecule has 0 radical (unpaired) electrons. The molecule has 1 saturated heterocycles. The summed E-state index contributed by atoms with van der Waals surface area (Å²) in [4.78, 5) is 28.5. The molecule has 1 atom stereocenters. The Bertz CT molecular complexity index is 829. The normalized spacial score (nSPS) is 20.0. The number of carbonyl (C=O) groups excluding carboxylic acids is 2. The highest BCUT2D eigenvalue weighted by Gasteiger charge is 2.31. The van der Waals surface area contributed by atoms with Gasteiger partial charge in [-0.25, -0.2) is 0 Å². The minimum Gasteiger partial charge on any atom is -0.468 e. The van der Waals surface area contributed by atoms with Crippen LogP contribution in [0.4, 0.5) is 0 Å². The van der Waals surface area contributed by atoms with Gasteiger partial charge in [0.2, 0.25) is 11.8 Å². The van der Waals surface area contributed by atoms with Crippen LogP contribution in [0.15, 0.2) is 28.9 Å². The Balaban J connectivity index is 1.35. The number of amides is 2. The third-order valence-electron chi connectivity index (χ3n) is 5.49. The average molecular weight is 385 g/mol. The van der Waals surface area contributed by atoms with Crippen LogP contribution < -0.4 is 5.32 Å². The Morgan fingerprint density at radius 1 is 1.32 bits per heavy atom. The van der Waals surface area contributed by atoms with E-state index in [-0.39, 0.29) is 17.7 Å². The first-order valence-electron chi connectivity index (χ1n) is 9.92. The second-order valence-electron chi connectivity index (χ2n) is 7.67. The van der Waals surface area contributed by atoms with E-state index in [2.05, 4.69) is 15.3 Å². The first-order valence-corrected chi connectivity index (χ1v) is 9.92. The number of hydrogen-bond donors (Lipinski definition) is 1. The Hall–Kier alpha value is -2.61. The fraction of sp³-hybridized carbons (Fsp3) is 0.550. The van der Waals surface area contributed by atoms with Gasteiger partial charge in [0.15, 0.2) is 0 Å². The van der Waals surface area contributed by atoms with E-state index < -0.39 is 0 Å². The van der Waals surface area contributed by atoms with Gasteiger partial charge >= 0.3 is 0 Å². The van der Waals surface area contributed by atoms with Gasteiger partial charge in [-0.05, 0) is 37.6 Å². The second-order valence-corrected chi connectivity index (χ2v) is 7.67. The molecule has 1 fully saturated rings. The van der Waals surface area contributed by atoms with E-state index in [1.165, 1.54) is 6.92 Å². The molecule has 28 heavy (non-hydrogen) atoms. The number of likely N-dealkylation sites (tertiary alicyclic amines) is 1.